The number of aryl methyl sites for hydroxylation is 1. The van der Waals surface area contributed by atoms with Gasteiger partial charge in [0.15, 0.2) is 11.5 Å². The number of aromatic nitrogens is 2. The van der Waals surface area contributed by atoms with Crippen molar-refractivity contribution in [3.05, 3.63) is 42.0 Å². The Hall–Kier alpha value is -2.01. The first kappa shape index (κ1) is 16.4. The van der Waals surface area contributed by atoms with Crippen LogP contribution in [-0.2, 0) is 20.1 Å². The van der Waals surface area contributed by atoms with Crippen LogP contribution in [0, 0.1) is 0 Å². The summed E-state index contributed by atoms with van der Waals surface area (Å²) in [5, 5.41) is 3.41. The van der Waals surface area contributed by atoms with Gasteiger partial charge in [0.05, 0.1) is 25.7 Å². The largest absolute Gasteiger partial charge is 0.493 e. The van der Waals surface area contributed by atoms with Crippen LogP contribution < -0.4 is 14.8 Å². The maximum atomic E-state index is 5.75. The molecule has 0 saturated heterocycles. The molecule has 0 amide bonds. The van der Waals surface area contributed by atoms with Crippen LogP contribution >= 0.6 is 0 Å². The lowest BCUT2D eigenvalue weighted by Crippen LogP contribution is -2.14. The third-order valence-corrected chi connectivity index (χ3v) is 3.54. The van der Waals surface area contributed by atoms with E-state index in [-0.39, 0.29) is 0 Å². The summed E-state index contributed by atoms with van der Waals surface area (Å²) in [5.74, 6) is 1.60. The van der Waals surface area contributed by atoms with E-state index in [0.29, 0.717) is 0 Å². The lowest BCUT2D eigenvalue weighted by Gasteiger charge is -2.12. The van der Waals surface area contributed by atoms with Crippen LogP contribution in [0.2, 0.25) is 0 Å². The standard InChI is InChI=1S/C17H25N3O2/c1-4-5-8-22-16-7-6-14(9-17(16)21-3)10-18-11-15-12-19-13-20(15)2/h6-7,9,12-13,18H,4-5,8,10-11H2,1-3H3. The molecule has 0 aliphatic rings. The van der Waals surface area contributed by atoms with E-state index >= 15 is 0 Å². The van der Waals surface area contributed by atoms with Crippen LogP contribution in [0.1, 0.15) is 31.0 Å². The number of methoxy groups -OCH3 is 1. The molecule has 1 heterocycles. The summed E-state index contributed by atoms with van der Waals surface area (Å²) in [6.07, 6.45) is 5.86. The fourth-order valence-corrected chi connectivity index (χ4v) is 2.16. The summed E-state index contributed by atoms with van der Waals surface area (Å²) < 4.78 is 13.2. The lowest BCUT2D eigenvalue weighted by molar-refractivity contribution is 0.288. The molecule has 0 radical (unpaired) electrons. The Bertz CT molecular complexity index is 581. The van der Waals surface area contributed by atoms with Crippen LogP contribution in [0.25, 0.3) is 0 Å². The minimum absolute atomic E-state index is 0.727. The number of benzene rings is 1. The monoisotopic (exact) mass is 303 g/mol. The number of rotatable bonds is 9. The maximum Gasteiger partial charge on any atom is 0.161 e. The predicted octanol–water partition coefficient (Wildman–Crippen LogP) is 2.90. The van der Waals surface area contributed by atoms with Gasteiger partial charge in [-0.05, 0) is 24.1 Å². The van der Waals surface area contributed by atoms with E-state index in [1.165, 1.54) is 5.56 Å². The Morgan fingerprint density at radius 2 is 2.09 bits per heavy atom. The highest BCUT2D eigenvalue weighted by Crippen LogP contribution is 2.28. The Morgan fingerprint density at radius 3 is 2.77 bits per heavy atom. The van der Waals surface area contributed by atoms with Crippen molar-refractivity contribution in [3.63, 3.8) is 0 Å². The Kier molecular flexibility index (Phi) is 6.27. The average molecular weight is 303 g/mol. The normalized spacial score (nSPS) is 10.7. The van der Waals surface area contributed by atoms with Crippen molar-refractivity contribution in [1.29, 1.82) is 0 Å². The minimum atomic E-state index is 0.727. The highest BCUT2D eigenvalue weighted by atomic mass is 16.5. The molecule has 120 valence electrons. The van der Waals surface area contributed by atoms with E-state index in [4.69, 9.17) is 9.47 Å². The molecule has 0 spiro atoms. The highest BCUT2D eigenvalue weighted by Gasteiger charge is 2.06. The van der Waals surface area contributed by atoms with E-state index in [1.54, 1.807) is 7.11 Å². The van der Waals surface area contributed by atoms with Gasteiger partial charge in [-0.3, -0.25) is 0 Å². The molecule has 1 aromatic heterocycles. The third kappa shape index (κ3) is 4.49. The van der Waals surface area contributed by atoms with Crippen molar-refractivity contribution in [2.75, 3.05) is 13.7 Å². The summed E-state index contributed by atoms with van der Waals surface area (Å²) in [6, 6.07) is 6.08. The Balaban J connectivity index is 1.90. The zero-order valence-electron chi connectivity index (χ0n) is 13.6. The lowest BCUT2D eigenvalue weighted by atomic mass is 10.2. The molecular formula is C17H25N3O2. The van der Waals surface area contributed by atoms with Gasteiger partial charge in [0.25, 0.3) is 0 Å². The fraction of sp³-hybridized carbons (Fsp3) is 0.471. The number of nitrogens with one attached hydrogen (secondary N) is 1. The van der Waals surface area contributed by atoms with E-state index in [9.17, 15) is 0 Å². The fourth-order valence-electron chi connectivity index (χ4n) is 2.16. The SMILES string of the molecule is CCCCOc1ccc(CNCc2cncn2C)cc1OC. The second-order valence-electron chi connectivity index (χ2n) is 5.29. The topological polar surface area (TPSA) is 48.3 Å². The van der Waals surface area contributed by atoms with Crippen LogP contribution in [0.5, 0.6) is 11.5 Å². The molecule has 0 saturated carbocycles. The summed E-state index contributed by atoms with van der Waals surface area (Å²) in [6.45, 7) is 4.44. The van der Waals surface area contributed by atoms with Crippen LogP contribution in [0.15, 0.2) is 30.7 Å². The van der Waals surface area contributed by atoms with Crippen LogP contribution in [0.3, 0.4) is 0 Å². The summed E-state index contributed by atoms with van der Waals surface area (Å²) in [7, 11) is 3.67. The second-order valence-corrected chi connectivity index (χ2v) is 5.29. The van der Waals surface area contributed by atoms with Crippen molar-refractivity contribution in [2.24, 2.45) is 7.05 Å². The molecule has 0 bridgehead atoms. The molecule has 0 fully saturated rings. The third-order valence-electron chi connectivity index (χ3n) is 3.54. The maximum absolute atomic E-state index is 5.75. The molecule has 1 aromatic carbocycles. The summed E-state index contributed by atoms with van der Waals surface area (Å²) in [4.78, 5) is 4.11. The Labute approximate surface area is 132 Å². The van der Waals surface area contributed by atoms with Crippen molar-refractivity contribution < 1.29 is 9.47 Å². The molecular weight excluding hydrogens is 278 g/mol. The number of nitrogens with zero attached hydrogens (tertiary/aromatic N) is 2. The quantitative estimate of drug-likeness (QED) is 0.724. The molecule has 0 aliphatic carbocycles. The van der Waals surface area contributed by atoms with Gasteiger partial charge in [-0.15, -0.1) is 0 Å². The molecule has 0 aliphatic heterocycles. The van der Waals surface area contributed by atoms with Gasteiger partial charge in [-0.2, -0.15) is 0 Å². The van der Waals surface area contributed by atoms with Gasteiger partial charge in [0.2, 0.25) is 0 Å². The highest BCUT2D eigenvalue weighted by molar-refractivity contribution is 5.42. The summed E-state index contributed by atoms with van der Waals surface area (Å²) in [5.41, 5.74) is 2.33. The zero-order chi connectivity index (χ0) is 15.8. The Morgan fingerprint density at radius 1 is 1.23 bits per heavy atom. The van der Waals surface area contributed by atoms with Gasteiger partial charge in [-0.25, -0.2) is 4.98 Å². The number of ether oxygens (including phenoxy) is 2. The van der Waals surface area contributed by atoms with Gasteiger partial charge in [-0.1, -0.05) is 19.4 Å². The smallest absolute Gasteiger partial charge is 0.161 e. The second kappa shape index (κ2) is 8.44. The molecule has 1 N–H and O–H groups in total. The average Bonchev–Trinajstić information content (AvgIpc) is 2.94. The minimum Gasteiger partial charge on any atom is -0.493 e. The van der Waals surface area contributed by atoms with E-state index in [1.807, 2.05) is 36.3 Å². The van der Waals surface area contributed by atoms with Crippen molar-refractivity contribution in [3.8, 4) is 11.5 Å². The first-order valence-corrected chi connectivity index (χ1v) is 7.70. The molecule has 5 nitrogen and oxygen atoms in total. The van der Waals surface area contributed by atoms with Crippen LogP contribution in [-0.4, -0.2) is 23.3 Å². The first-order valence-electron chi connectivity index (χ1n) is 7.70. The van der Waals surface area contributed by atoms with Gasteiger partial charge >= 0.3 is 0 Å². The zero-order valence-corrected chi connectivity index (χ0v) is 13.6. The molecule has 0 unspecified atom stereocenters. The number of hydrogen-bond acceptors (Lipinski definition) is 4. The molecule has 2 aromatic rings. The molecule has 22 heavy (non-hydrogen) atoms. The summed E-state index contributed by atoms with van der Waals surface area (Å²) >= 11 is 0. The number of hydrogen-bond donors (Lipinski definition) is 1. The number of imidazole rings is 1. The van der Waals surface area contributed by atoms with Crippen molar-refractivity contribution >= 4 is 0 Å². The van der Waals surface area contributed by atoms with Crippen LogP contribution in [0.4, 0.5) is 0 Å². The first-order chi connectivity index (χ1) is 10.7. The van der Waals surface area contributed by atoms with E-state index in [2.05, 4.69) is 23.3 Å². The van der Waals surface area contributed by atoms with E-state index < -0.39 is 0 Å². The van der Waals surface area contributed by atoms with E-state index in [0.717, 1.165) is 49.7 Å². The molecule has 0 atom stereocenters. The predicted molar refractivity (Wildman–Crippen MR) is 87.1 cm³/mol. The van der Waals surface area contributed by atoms with Crippen molar-refractivity contribution in [2.45, 2.75) is 32.9 Å². The van der Waals surface area contributed by atoms with Gasteiger partial charge in [0, 0.05) is 26.3 Å². The number of unbranched alkanes of at least 4 members (excludes halogenated alkanes) is 1. The molecule has 5 heteroatoms. The van der Waals surface area contributed by atoms with Gasteiger partial charge in [0.1, 0.15) is 0 Å². The van der Waals surface area contributed by atoms with Gasteiger partial charge < -0.3 is 19.4 Å². The van der Waals surface area contributed by atoms with Crippen molar-refractivity contribution in [1.82, 2.24) is 14.9 Å². The molecule has 2 rings (SSSR count).